The van der Waals surface area contributed by atoms with Gasteiger partial charge in [-0.15, -0.1) is 0 Å². The number of hydrogen-bond acceptors (Lipinski definition) is 6. The summed E-state index contributed by atoms with van der Waals surface area (Å²) in [5.74, 6) is -0.986. The fraction of sp³-hybridized carbons (Fsp3) is 0.586. The van der Waals surface area contributed by atoms with Crippen LogP contribution < -0.4 is 0 Å². The molecule has 0 aromatic rings. The van der Waals surface area contributed by atoms with Crippen LogP contribution in [0.4, 0.5) is 0 Å². The van der Waals surface area contributed by atoms with E-state index in [0.717, 1.165) is 161 Å². The second-order valence-corrected chi connectivity index (χ2v) is 19.5. The Hall–Kier alpha value is -4.97. The van der Waals surface area contributed by atoms with Crippen LogP contribution in [0.15, 0.2) is 158 Å². The van der Waals surface area contributed by atoms with Crippen molar-refractivity contribution in [3.8, 4) is 0 Å². The maximum absolute atomic E-state index is 12.8. The van der Waals surface area contributed by atoms with E-state index in [9.17, 15) is 14.4 Å². The minimum atomic E-state index is -0.813. The Bertz CT molecular complexity index is 1720. The predicted molar refractivity (Wildman–Crippen MR) is 329 cm³/mol. The van der Waals surface area contributed by atoms with Gasteiger partial charge in [-0.25, -0.2) is 0 Å². The number of carbonyl (C=O) groups excluding carboxylic acids is 3. The first kappa shape index (κ1) is 71.0. The van der Waals surface area contributed by atoms with E-state index in [4.69, 9.17) is 14.2 Å². The second-order valence-electron chi connectivity index (χ2n) is 19.5. The number of hydrogen-bond donors (Lipinski definition) is 0. The highest BCUT2D eigenvalue weighted by molar-refractivity contribution is 5.71. The summed E-state index contributed by atoms with van der Waals surface area (Å²) in [5, 5.41) is 0. The molecular formula is C70H110O6. The van der Waals surface area contributed by atoms with E-state index >= 15 is 0 Å². The van der Waals surface area contributed by atoms with Crippen LogP contribution in [0.5, 0.6) is 0 Å². The first-order valence-electron chi connectivity index (χ1n) is 30.5. The molecule has 0 radical (unpaired) electrons. The fourth-order valence-electron chi connectivity index (χ4n) is 7.68. The first-order chi connectivity index (χ1) is 37.5. The van der Waals surface area contributed by atoms with Crippen LogP contribution in [0.2, 0.25) is 0 Å². The molecule has 0 aliphatic rings. The number of allylic oxidation sites excluding steroid dienone is 26. The zero-order valence-electron chi connectivity index (χ0n) is 48.7. The molecule has 0 bridgehead atoms. The average Bonchev–Trinajstić information content (AvgIpc) is 3.42. The van der Waals surface area contributed by atoms with E-state index in [1.165, 1.54) is 38.5 Å². The van der Waals surface area contributed by atoms with Crippen LogP contribution in [0.25, 0.3) is 0 Å². The lowest BCUT2D eigenvalue weighted by atomic mass is 10.1. The van der Waals surface area contributed by atoms with Crippen molar-refractivity contribution < 1.29 is 28.6 Å². The van der Waals surface area contributed by atoms with Crippen molar-refractivity contribution in [1.82, 2.24) is 0 Å². The Kier molecular flexibility index (Phi) is 58.5. The summed E-state index contributed by atoms with van der Waals surface area (Å²) in [4.78, 5) is 38.1. The molecule has 0 amide bonds. The monoisotopic (exact) mass is 1050 g/mol. The van der Waals surface area contributed by atoms with Crippen LogP contribution >= 0.6 is 0 Å². The van der Waals surface area contributed by atoms with E-state index in [1.807, 2.05) is 0 Å². The van der Waals surface area contributed by atoms with Gasteiger partial charge >= 0.3 is 17.9 Å². The Balaban J connectivity index is 4.35. The van der Waals surface area contributed by atoms with Crippen LogP contribution in [0.1, 0.15) is 245 Å². The maximum Gasteiger partial charge on any atom is 0.306 e. The van der Waals surface area contributed by atoms with Crippen molar-refractivity contribution in [2.75, 3.05) is 13.2 Å². The van der Waals surface area contributed by atoms with Crippen molar-refractivity contribution in [1.29, 1.82) is 0 Å². The molecule has 0 heterocycles. The van der Waals surface area contributed by atoms with E-state index < -0.39 is 6.10 Å². The van der Waals surface area contributed by atoms with E-state index in [1.54, 1.807) is 0 Å². The summed E-state index contributed by atoms with van der Waals surface area (Å²) in [5.41, 5.74) is 0. The van der Waals surface area contributed by atoms with Gasteiger partial charge < -0.3 is 14.2 Å². The second kappa shape index (κ2) is 62.6. The molecule has 0 saturated carbocycles. The zero-order valence-corrected chi connectivity index (χ0v) is 48.7. The van der Waals surface area contributed by atoms with Crippen LogP contribution in [0, 0.1) is 0 Å². The molecule has 76 heavy (non-hydrogen) atoms. The molecule has 6 nitrogen and oxygen atoms in total. The van der Waals surface area contributed by atoms with E-state index in [-0.39, 0.29) is 31.1 Å². The van der Waals surface area contributed by atoms with E-state index in [0.29, 0.717) is 25.7 Å². The summed E-state index contributed by atoms with van der Waals surface area (Å²) < 4.78 is 16.8. The molecule has 0 fully saturated rings. The summed E-state index contributed by atoms with van der Waals surface area (Å²) in [6.07, 6.45) is 91.1. The predicted octanol–water partition coefficient (Wildman–Crippen LogP) is 20.9. The third-order valence-electron chi connectivity index (χ3n) is 12.2. The molecule has 0 N–H and O–H groups in total. The molecule has 6 heteroatoms. The molecule has 0 spiro atoms. The Labute approximate surface area is 467 Å². The maximum atomic E-state index is 12.8. The van der Waals surface area contributed by atoms with Gasteiger partial charge in [0.1, 0.15) is 13.2 Å². The molecule has 0 aliphatic heterocycles. The highest BCUT2D eigenvalue weighted by Crippen LogP contribution is 2.13. The number of rotatable bonds is 53. The smallest absolute Gasteiger partial charge is 0.306 e. The Morgan fingerprint density at radius 3 is 0.895 bits per heavy atom. The fourth-order valence-corrected chi connectivity index (χ4v) is 7.68. The van der Waals surface area contributed by atoms with Gasteiger partial charge in [0.25, 0.3) is 0 Å². The van der Waals surface area contributed by atoms with Gasteiger partial charge in [0.2, 0.25) is 0 Å². The van der Waals surface area contributed by atoms with Crippen molar-refractivity contribution in [3.63, 3.8) is 0 Å². The molecule has 426 valence electrons. The number of carbonyl (C=O) groups is 3. The molecule has 1 atom stereocenters. The van der Waals surface area contributed by atoms with Gasteiger partial charge in [0, 0.05) is 19.3 Å². The summed E-state index contributed by atoms with van der Waals surface area (Å²) >= 11 is 0. The quantitative estimate of drug-likeness (QED) is 0.0261. The minimum absolute atomic E-state index is 0.108. The first-order valence-corrected chi connectivity index (χ1v) is 30.5. The Morgan fingerprint density at radius 2 is 0.539 bits per heavy atom. The molecule has 0 rings (SSSR count). The van der Waals surface area contributed by atoms with Crippen LogP contribution in [-0.2, 0) is 28.6 Å². The lowest BCUT2D eigenvalue weighted by Crippen LogP contribution is -2.30. The van der Waals surface area contributed by atoms with Gasteiger partial charge in [0.15, 0.2) is 6.10 Å². The highest BCUT2D eigenvalue weighted by atomic mass is 16.6. The largest absolute Gasteiger partial charge is 0.462 e. The Morgan fingerprint density at radius 1 is 0.276 bits per heavy atom. The summed E-state index contributed by atoms with van der Waals surface area (Å²) in [6, 6.07) is 0. The van der Waals surface area contributed by atoms with Gasteiger partial charge in [-0.05, 0) is 148 Å². The zero-order chi connectivity index (χ0) is 55.0. The molecular weight excluding hydrogens is 937 g/mol. The van der Waals surface area contributed by atoms with Crippen molar-refractivity contribution in [2.24, 2.45) is 0 Å². The molecule has 0 saturated heterocycles. The van der Waals surface area contributed by atoms with Crippen LogP contribution in [0.3, 0.4) is 0 Å². The molecule has 0 aromatic carbocycles. The number of esters is 3. The van der Waals surface area contributed by atoms with Crippen LogP contribution in [-0.4, -0.2) is 37.2 Å². The van der Waals surface area contributed by atoms with Gasteiger partial charge in [-0.3, -0.25) is 14.4 Å². The summed E-state index contributed by atoms with van der Waals surface area (Å²) in [6.45, 7) is 6.36. The van der Waals surface area contributed by atoms with Crippen molar-refractivity contribution >= 4 is 17.9 Å². The standard InChI is InChI=1S/C70H110O6/c1-4-7-10-13-16-19-22-24-26-27-28-29-30-31-32-33-34-35-36-37-38-39-40-41-42-43-45-46-48-51-54-57-60-63-69(72)75-66-67(65-74-68(71)62-59-56-53-50-21-18-15-12-9-6-3)76-70(73)64-61-58-55-52-49-47-44-25-23-20-17-14-11-8-5-2/h7,10,12,15-17,19-20,24-26,28-29,31-32,34-35,37-38,40-41,43-45,48,51,67H,4-6,8-9,11,13-14,18,21-23,27,30,33,36,39,42,46-47,49-50,52-66H2,1-3H3/b10-7-,15-12-,19-16-,20-17-,26-24-,29-28-,32-31-,35-34-,38-37-,41-40-,44-25-,45-43-,51-48-. The molecule has 0 aromatic heterocycles. The third kappa shape index (κ3) is 59.9. The molecule has 0 aliphatic carbocycles. The average molecular weight is 1050 g/mol. The lowest BCUT2D eigenvalue weighted by Gasteiger charge is -2.18. The topological polar surface area (TPSA) is 78.9 Å². The lowest BCUT2D eigenvalue weighted by molar-refractivity contribution is -0.167. The SMILES string of the molecule is CC/C=C\C/C=C\C/C=C\C/C=C\C/C=C\C/C=C\C/C=C\C/C=C\C/C=C\C/C=C\CCCCC(=O)OCC(COC(=O)CCCCCCC/C=C\CCC)OC(=O)CCCCCCC/C=C\C/C=C\CCCCC. The normalized spacial score (nSPS) is 13.2. The van der Waals surface area contributed by atoms with Gasteiger partial charge in [-0.2, -0.15) is 0 Å². The highest BCUT2D eigenvalue weighted by Gasteiger charge is 2.19. The number of unbranched alkanes of at least 4 members (excludes halogenated alkanes) is 16. The minimum Gasteiger partial charge on any atom is -0.462 e. The summed E-state index contributed by atoms with van der Waals surface area (Å²) in [7, 11) is 0. The van der Waals surface area contributed by atoms with Crippen molar-refractivity contribution in [2.45, 2.75) is 252 Å². The number of ether oxygens (including phenoxy) is 3. The van der Waals surface area contributed by atoms with Crippen molar-refractivity contribution in [3.05, 3.63) is 158 Å². The molecule has 1 unspecified atom stereocenters. The third-order valence-corrected chi connectivity index (χ3v) is 12.2. The van der Waals surface area contributed by atoms with Gasteiger partial charge in [-0.1, -0.05) is 237 Å². The van der Waals surface area contributed by atoms with E-state index in [2.05, 4.69) is 179 Å². The van der Waals surface area contributed by atoms with Gasteiger partial charge in [0.05, 0.1) is 0 Å².